The summed E-state index contributed by atoms with van der Waals surface area (Å²) in [6.07, 6.45) is 1.41. The molecule has 0 bridgehead atoms. The molecule has 9 heteroatoms. The average molecular weight is 298 g/mol. The van der Waals surface area contributed by atoms with Crippen LogP contribution in [0.4, 0.5) is 5.82 Å². The molecular weight excluding hydrogens is 284 g/mol. The van der Waals surface area contributed by atoms with Gasteiger partial charge in [-0.25, -0.2) is 0 Å². The zero-order chi connectivity index (χ0) is 15.1. The Hall–Kier alpha value is -2.29. The number of hydrogen-bond donors (Lipinski definition) is 1. The number of nitrogens with two attached hydrogens (primary N) is 1. The van der Waals surface area contributed by atoms with E-state index in [4.69, 9.17) is 18.0 Å². The van der Waals surface area contributed by atoms with Gasteiger partial charge in [0.15, 0.2) is 5.82 Å². The highest BCUT2D eigenvalue weighted by Gasteiger charge is 2.21. The molecule has 0 aliphatic carbocycles. The van der Waals surface area contributed by atoms with E-state index in [0.717, 1.165) is 0 Å². The molecule has 1 heterocycles. The molecule has 1 rings (SSSR count). The maximum absolute atomic E-state index is 11.4. The number of hydrogen-bond acceptors (Lipinski definition) is 8. The minimum absolute atomic E-state index is 0.0784. The minimum Gasteiger partial charge on any atom is -0.468 e. The molecule has 8 nitrogen and oxygen atoms in total. The van der Waals surface area contributed by atoms with Gasteiger partial charge in [-0.1, -0.05) is 12.2 Å². The lowest BCUT2D eigenvalue weighted by molar-refractivity contribution is -0.140. The molecule has 0 saturated carbocycles. The van der Waals surface area contributed by atoms with E-state index in [2.05, 4.69) is 19.7 Å². The zero-order valence-electron chi connectivity index (χ0n) is 11.0. The van der Waals surface area contributed by atoms with Gasteiger partial charge in [0.05, 0.1) is 26.0 Å². The van der Waals surface area contributed by atoms with E-state index in [1.807, 2.05) is 0 Å². The molecule has 108 valence electrons. The highest BCUT2D eigenvalue weighted by molar-refractivity contribution is 7.80. The van der Waals surface area contributed by atoms with Gasteiger partial charge >= 0.3 is 11.9 Å². The van der Waals surface area contributed by atoms with Crippen LogP contribution in [0.1, 0.15) is 5.56 Å². The lowest BCUT2D eigenvalue weighted by Gasteiger charge is -2.22. The van der Waals surface area contributed by atoms with Crippen molar-refractivity contribution in [3.63, 3.8) is 0 Å². The molecule has 0 saturated heterocycles. The van der Waals surface area contributed by atoms with Crippen LogP contribution >= 0.6 is 12.2 Å². The lowest BCUT2D eigenvalue weighted by atomic mass is 10.2. The van der Waals surface area contributed by atoms with E-state index < -0.39 is 11.9 Å². The van der Waals surface area contributed by atoms with Gasteiger partial charge < -0.3 is 20.1 Å². The van der Waals surface area contributed by atoms with Crippen molar-refractivity contribution >= 4 is 35.0 Å². The Morgan fingerprint density at radius 3 is 2.30 bits per heavy atom. The van der Waals surface area contributed by atoms with E-state index in [0.29, 0.717) is 5.56 Å². The Kier molecular flexibility index (Phi) is 5.78. The topological polar surface area (TPSA) is 108 Å². The van der Waals surface area contributed by atoms with E-state index in [1.54, 1.807) is 6.07 Å². The van der Waals surface area contributed by atoms with Crippen LogP contribution in [0.2, 0.25) is 0 Å². The van der Waals surface area contributed by atoms with Crippen molar-refractivity contribution < 1.29 is 19.1 Å². The predicted molar refractivity (Wildman–Crippen MR) is 74.2 cm³/mol. The van der Waals surface area contributed by atoms with Crippen LogP contribution in [0, 0.1) is 0 Å². The quantitative estimate of drug-likeness (QED) is 0.536. The molecule has 0 spiro atoms. The second-order valence-electron chi connectivity index (χ2n) is 3.64. The third-order valence-corrected chi connectivity index (χ3v) is 2.58. The fraction of sp³-hybridized carbons (Fsp3) is 0.364. The van der Waals surface area contributed by atoms with Crippen LogP contribution in [0.3, 0.4) is 0 Å². The fourth-order valence-electron chi connectivity index (χ4n) is 1.40. The van der Waals surface area contributed by atoms with Crippen LogP contribution < -0.4 is 10.6 Å². The number of esters is 2. The van der Waals surface area contributed by atoms with Gasteiger partial charge in [-0.3, -0.25) is 9.59 Å². The first-order valence-corrected chi connectivity index (χ1v) is 5.90. The van der Waals surface area contributed by atoms with Crippen LogP contribution in [0.25, 0.3) is 0 Å². The molecule has 20 heavy (non-hydrogen) atoms. The number of ether oxygens (including phenoxy) is 2. The van der Waals surface area contributed by atoms with Crippen LogP contribution in [-0.4, -0.2) is 54.4 Å². The van der Waals surface area contributed by atoms with Crippen molar-refractivity contribution in [2.45, 2.75) is 0 Å². The Bertz CT molecular complexity index is 505. The summed E-state index contributed by atoms with van der Waals surface area (Å²) < 4.78 is 9.15. The molecular formula is C11H14N4O4S. The van der Waals surface area contributed by atoms with E-state index in [-0.39, 0.29) is 23.9 Å². The standard InChI is InChI=1S/C11H14N4O4S/c1-18-8(16)5-15(6-9(17)19-2)11-7(10(12)20)3-4-13-14-11/h3-4H,5-6H2,1-2H3,(H2,12,20). The molecule has 1 aromatic heterocycles. The molecule has 1 aromatic rings. The van der Waals surface area contributed by atoms with Crippen molar-refractivity contribution in [1.82, 2.24) is 10.2 Å². The van der Waals surface area contributed by atoms with Crippen LogP contribution in [0.15, 0.2) is 12.3 Å². The maximum atomic E-state index is 11.4. The van der Waals surface area contributed by atoms with Gasteiger partial charge in [-0.05, 0) is 6.07 Å². The van der Waals surface area contributed by atoms with Gasteiger partial charge in [0, 0.05) is 0 Å². The second-order valence-corrected chi connectivity index (χ2v) is 4.08. The minimum atomic E-state index is -0.548. The largest absolute Gasteiger partial charge is 0.468 e. The predicted octanol–water partition coefficient (Wildman–Crippen LogP) is -0.737. The molecule has 0 amide bonds. The Labute approximate surface area is 120 Å². The van der Waals surface area contributed by atoms with Gasteiger partial charge in [-0.2, -0.15) is 5.10 Å². The summed E-state index contributed by atoms with van der Waals surface area (Å²) >= 11 is 4.90. The smallest absolute Gasteiger partial charge is 0.325 e. The first-order chi connectivity index (χ1) is 9.49. The summed E-state index contributed by atoms with van der Waals surface area (Å²) in [7, 11) is 2.48. The first-order valence-electron chi connectivity index (χ1n) is 5.49. The molecule has 2 N–H and O–H groups in total. The molecule has 0 unspecified atom stereocenters. The normalized spacial score (nSPS) is 9.70. The van der Waals surface area contributed by atoms with Crippen molar-refractivity contribution in [2.24, 2.45) is 5.73 Å². The molecule has 0 radical (unpaired) electrons. The number of anilines is 1. The Morgan fingerprint density at radius 1 is 1.30 bits per heavy atom. The number of nitrogens with zero attached hydrogens (tertiary/aromatic N) is 3. The van der Waals surface area contributed by atoms with Gasteiger partial charge in [0.2, 0.25) is 0 Å². The second kappa shape index (κ2) is 7.34. The number of carbonyl (C=O) groups is 2. The van der Waals surface area contributed by atoms with Gasteiger partial charge in [0.1, 0.15) is 18.1 Å². The molecule has 0 atom stereocenters. The molecule has 0 aliphatic rings. The van der Waals surface area contributed by atoms with Crippen molar-refractivity contribution in [2.75, 3.05) is 32.2 Å². The van der Waals surface area contributed by atoms with Crippen molar-refractivity contribution in [3.05, 3.63) is 17.8 Å². The van der Waals surface area contributed by atoms with Crippen LogP contribution in [-0.2, 0) is 19.1 Å². The number of aromatic nitrogens is 2. The number of rotatable bonds is 6. The summed E-state index contributed by atoms with van der Waals surface area (Å²) in [6.45, 7) is -0.417. The summed E-state index contributed by atoms with van der Waals surface area (Å²) in [4.78, 5) is 24.2. The third-order valence-electron chi connectivity index (χ3n) is 2.36. The van der Waals surface area contributed by atoms with E-state index in [9.17, 15) is 9.59 Å². The third kappa shape index (κ3) is 4.12. The highest BCUT2D eigenvalue weighted by Crippen LogP contribution is 2.16. The lowest BCUT2D eigenvalue weighted by Crippen LogP contribution is -2.37. The highest BCUT2D eigenvalue weighted by atomic mass is 32.1. The maximum Gasteiger partial charge on any atom is 0.325 e. The first kappa shape index (κ1) is 15.8. The van der Waals surface area contributed by atoms with Gasteiger partial charge in [-0.15, -0.1) is 5.10 Å². The summed E-state index contributed by atoms with van der Waals surface area (Å²) in [5, 5.41) is 7.57. The summed E-state index contributed by atoms with van der Waals surface area (Å²) in [5.74, 6) is -0.877. The number of thiocarbonyl (C=S) groups is 1. The van der Waals surface area contributed by atoms with Crippen molar-refractivity contribution in [1.29, 1.82) is 0 Å². The molecule has 0 fully saturated rings. The van der Waals surface area contributed by atoms with Crippen molar-refractivity contribution in [3.8, 4) is 0 Å². The monoisotopic (exact) mass is 298 g/mol. The summed E-state index contributed by atoms with van der Waals surface area (Å²) in [5.41, 5.74) is 5.99. The summed E-state index contributed by atoms with van der Waals surface area (Å²) in [6, 6.07) is 1.55. The Balaban J connectivity index is 3.12. The van der Waals surface area contributed by atoms with Gasteiger partial charge in [0.25, 0.3) is 0 Å². The average Bonchev–Trinajstić information content (AvgIpc) is 2.46. The zero-order valence-corrected chi connectivity index (χ0v) is 11.8. The van der Waals surface area contributed by atoms with E-state index >= 15 is 0 Å². The molecule has 0 aromatic carbocycles. The fourth-order valence-corrected chi connectivity index (χ4v) is 1.56. The van der Waals surface area contributed by atoms with Crippen LogP contribution in [0.5, 0.6) is 0 Å². The number of methoxy groups -OCH3 is 2. The number of carbonyl (C=O) groups excluding carboxylic acids is 2. The SMILES string of the molecule is COC(=O)CN(CC(=O)OC)c1nnccc1C(N)=S. The Morgan fingerprint density at radius 2 is 1.85 bits per heavy atom. The molecule has 0 aliphatic heterocycles. The van der Waals surface area contributed by atoms with E-state index in [1.165, 1.54) is 25.3 Å².